The first kappa shape index (κ1) is 15.1. The second kappa shape index (κ2) is 5.87. The number of aryl methyl sites for hydroxylation is 1. The van der Waals surface area contributed by atoms with Crippen LogP contribution in [0.1, 0.15) is 16.1 Å². The van der Waals surface area contributed by atoms with E-state index in [0.717, 1.165) is 19.6 Å². The number of benzene rings is 1. The molecule has 0 radical (unpaired) electrons. The number of hydrogen-bond donors (Lipinski definition) is 1. The summed E-state index contributed by atoms with van der Waals surface area (Å²) in [6.45, 7) is 3.01. The highest BCUT2D eigenvalue weighted by atomic mass is 16.2. The van der Waals surface area contributed by atoms with E-state index in [2.05, 4.69) is 39.6 Å². The van der Waals surface area contributed by atoms with Crippen LogP contribution in [-0.4, -0.2) is 39.7 Å². The maximum absolute atomic E-state index is 12.3. The lowest BCUT2D eigenvalue weighted by Crippen LogP contribution is -2.35. The number of hydrogen-bond acceptors (Lipinski definition) is 4. The average Bonchev–Trinajstić information content (AvgIpc) is 3.02. The van der Waals surface area contributed by atoms with Crippen molar-refractivity contribution in [3.05, 3.63) is 64.1 Å². The second-order valence-corrected chi connectivity index (χ2v) is 6.69. The van der Waals surface area contributed by atoms with Crippen LogP contribution < -0.4 is 10.9 Å². The average molecular weight is 324 g/mol. The zero-order valence-corrected chi connectivity index (χ0v) is 13.6. The van der Waals surface area contributed by atoms with Gasteiger partial charge in [-0.2, -0.15) is 5.10 Å². The third-order valence-corrected chi connectivity index (χ3v) is 5.01. The van der Waals surface area contributed by atoms with E-state index in [-0.39, 0.29) is 17.5 Å². The van der Waals surface area contributed by atoms with E-state index in [0.29, 0.717) is 17.5 Å². The number of likely N-dealkylation sites (tertiary alicyclic amines) is 1. The summed E-state index contributed by atoms with van der Waals surface area (Å²) >= 11 is 0. The number of carbonyl (C=O) groups is 1. The molecule has 0 spiro atoms. The fraction of sp³-hybridized carbons (Fsp3) is 0.389. The Balaban J connectivity index is 1.31. The van der Waals surface area contributed by atoms with Crippen molar-refractivity contribution in [3.63, 3.8) is 0 Å². The molecule has 4 rings (SSSR count). The van der Waals surface area contributed by atoms with Crippen molar-refractivity contribution in [1.82, 2.24) is 20.0 Å². The van der Waals surface area contributed by atoms with Crippen LogP contribution in [0.3, 0.4) is 0 Å². The first-order valence-electron chi connectivity index (χ1n) is 8.23. The minimum Gasteiger partial charge on any atom is -0.347 e. The van der Waals surface area contributed by atoms with Crippen molar-refractivity contribution in [3.8, 4) is 0 Å². The Labute approximate surface area is 140 Å². The van der Waals surface area contributed by atoms with Gasteiger partial charge in [-0.15, -0.1) is 0 Å². The highest BCUT2D eigenvalue weighted by Crippen LogP contribution is 2.45. The van der Waals surface area contributed by atoms with Crippen molar-refractivity contribution in [2.75, 3.05) is 13.1 Å². The fourth-order valence-electron chi connectivity index (χ4n) is 3.65. The molecular weight excluding hydrogens is 304 g/mol. The van der Waals surface area contributed by atoms with Crippen LogP contribution in [0.25, 0.3) is 0 Å². The summed E-state index contributed by atoms with van der Waals surface area (Å²) in [6, 6.07) is 13.6. The van der Waals surface area contributed by atoms with E-state index in [1.807, 2.05) is 6.07 Å². The molecule has 1 aromatic heterocycles. The maximum atomic E-state index is 12.3. The van der Waals surface area contributed by atoms with E-state index in [4.69, 9.17) is 0 Å². The van der Waals surface area contributed by atoms with Gasteiger partial charge in [0.25, 0.3) is 11.5 Å². The van der Waals surface area contributed by atoms with Crippen molar-refractivity contribution in [2.24, 2.45) is 18.9 Å². The Hall–Kier alpha value is -2.47. The third kappa shape index (κ3) is 2.85. The van der Waals surface area contributed by atoms with Gasteiger partial charge in [0.1, 0.15) is 5.69 Å². The molecule has 1 aromatic carbocycles. The molecular formula is C18H20N4O2. The number of piperidine rings is 1. The lowest BCUT2D eigenvalue weighted by Gasteiger charge is -2.19. The Morgan fingerprint density at radius 1 is 1.17 bits per heavy atom. The number of nitrogens with one attached hydrogen (secondary N) is 1. The Morgan fingerprint density at radius 3 is 2.54 bits per heavy atom. The molecule has 1 amide bonds. The van der Waals surface area contributed by atoms with Crippen LogP contribution in [-0.2, 0) is 13.6 Å². The van der Waals surface area contributed by atoms with Crippen LogP contribution in [0.5, 0.6) is 0 Å². The summed E-state index contributed by atoms with van der Waals surface area (Å²) in [5.74, 6) is 0.870. The normalized spacial score (nSPS) is 25.3. The van der Waals surface area contributed by atoms with Crippen LogP contribution in [0.4, 0.5) is 0 Å². The zero-order valence-electron chi connectivity index (χ0n) is 13.6. The van der Waals surface area contributed by atoms with Crippen LogP contribution in [0.15, 0.2) is 47.3 Å². The SMILES string of the molecule is Cn1nc(C(=O)NC2C3CN(Cc4ccccc4)CC32)ccc1=O. The molecule has 2 atom stereocenters. The quantitative estimate of drug-likeness (QED) is 0.896. The maximum Gasteiger partial charge on any atom is 0.271 e. The second-order valence-electron chi connectivity index (χ2n) is 6.69. The monoisotopic (exact) mass is 324 g/mol. The molecule has 0 bridgehead atoms. The van der Waals surface area contributed by atoms with E-state index >= 15 is 0 Å². The Morgan fingerprint density at radius 2 is 1.88 bits per heavy atom. The van der Waals surface area contributed by atoms with Gasteiger partial charge < -0.3 is 5.32 Å². The number of nitrogens with zero attached hydrogens (tertiary/aromatic N) is 3. The van der Waals surface area contributed by atoms with Gasteiger partial charge in [0.15, 0.2) is 0 Å². The highest BCUT2D eigenvalue weighted by molar-refractivity contribution is 5.92. The molecule has 1 aliphatic carbocycles. The molecule has 2 aromatic rings. The van der Waals surface area contributed by atoms with Crippen LogP contribution >= 0.6 is 0 Å². The van der Waals surface area contributed by atoms with Gasteiger partial charge in [-0.1, -0.05) is 30.3 Å². The summed E-state index contributed by atoms with van der Waals surface area (Å²) < 4.78 is 1.18. The highest BCUT2D eigenvalue weighted by Gasteiger charge is 2.56. The summed E-state index contributed by atoms with van der Waals surface area (Å²) in [6.07, 6.45) is 0. The number of fused-ring (bicyclic) bond motifs is 1. The fourth-order valence-corrected chi connectivity index (χ4v) is 3.65. The van der Waals surface area contributed by atoms with Crippen molar-refractivity contribution in [1.29, 1.82) is 0 Å². The van der Waals surface area contributed by atoms with Crippen LogP contribution in [0, 0.1) is 11.8 Å². The molecule has 2 fully saturated rings. The first-order valence-corrected chi connectivity index (χ1v) is 8.23. The predicted octanol–water partition coefficient (Wildman–Crippen LogP) is 0.640. The lowest BCUT2D eigenvalue weighted by molar-refractivity contribution is 0.0935. The predicted molar refractivity (Wildman–Crippen MR) is 89.4 cm³/mol. The first-order chi connectivity index (χ1) is 11.6. The summed E-state index contributed by atoms with van der Waals surface area (Å²) in [5.41, 5.74) is 1.41. The number of aromatic nitrogens is 2. The minimum absolute atomic E-state index is 0.195. The van der Waals surface area contributed by atoms with Gasteiger partial charge in [-0.25, -0.2) is 4.68 Å². The molecule has 6 heteroatoms. The van der Waals surface area contributed by atoms with Crippen molar-refractivity contribution in [2.45, 2.75) is 12.6 Å². The topological polar surface area (TPSA) is 67.2 Å². The number of rotatable bonds is 4. The minimum atomic E-state index is -0.216. The van der Waals surface area contributed by atoms with E-state index in [9.17, 15) is 9.59 Å². The standard InChI is InChI=1S/C18H20N4O2/c1-21-16(23)8-7-15(20-21)18(24)19-17-13-10-22(11-14(13)17)9-12-5-3-2-4-6-12/h2-8,13-14,17H,9-11H2,1H3,(H,19,24). The molecule has 124 valence electrons. The molecule has 1 saturated heterocycles. The molecule has 1 aliphatic heterocycles. The summed E-state index contributed by atoms with van der Waals surface area (Å²) in [4.78, 5) is 26.0. The molecule has 1 N–H and O–H groups in total. The van der Waals surface area contributed by atoms with E-state index in [1.165, 1.54) is 22.4 Å². The molecule has 2 aliphatic rings. The lowest BCUT2D eigenvalue weighted by atomic mass is 10.2. The van der Waals surface area contributed by atoms with Crippen molar-refractivity contribution < 1.29 is 4.79 Å². The zero-order chi connectivity index (χ0) is 16.7. The number of carbonyl (C=O) groups excluding carboxylic acids is 1. The summed E-state index contributed by atoms with van der Waals surface area (Å²) in [5, 5.41) is 7.06. The smallest absolute Gasteiger partial charge is 0.271 e. The van der Waals surface area contributed by atoms with Gasteiger partial charge in [0.2, 0.25) is 0 Å². The van der Waals surface area contributed by atoms with Crippen molar-refractivity contribution >= 4 is 5.91 Å². The molecule has 24 heavy (non-hydrogen) atoms. The molecule has 1 saturated carbocycles. The summed E-state index contributed by atoms with van der Waals surface area (Å²) in [7, 11) is 1.55. The molecule has 2 heterocycles. The van der Waals surface area contributed by atoms with Gasteiger partial charge in [0, 0.05) is 38.8 Å². The van der Waals surface area contributed by atoms with Gasteiger partial charge in [-0.3, -0.25) is 14.5 Å². The molecule has 2 unspecified atom stereocenters. The third-order valence-electron chi connectivity index (χ3n) is 5.01. The van der Waals surface area contributed by atoms with Gasteiger partial charge >= 0.3 is 0 Å². The van der Waals surface area contributed by atoms with E-state index in [1.54, 1.807) is 7.05 Å². The largest absolute Gasteiger partial charge is 0.347 e. The van der Waals surface area contributed by atoms with Gasteiger partial charge in [0.05, 0.1) is 0 Å². The van der Waals surface area contributed by atoms with Gasteiger partial charge in [-0.05, 0) is 23.5 Å². The van der Waals surface area contributed by atoms with Crippen LogP contribution in [0.2, 0.25) is 0 Å². The van der Waals surface area contributed by atoms with E-state index < -0.39 is 0 Å². The molecule has 6 nitrogen and oxygen atoms in total. The number of amides is 1. The Kier molecular flexibility index (Phi) is 3.69. The Bertz CT molecular complexity index is 805.